The molecule has 27 heavy (non-hydrogen) atoms. The van der Waals surface area contributed by atoms with Crippen LogP contribution in [0.5, 0.6) is 0 Å². The third-order valence-corrected chi connectivity index (χ3v) is 4.96. The highest BCUT2D eigenvalue weighted by Gasteiger charge is 2.35. The highest BCUT2D eigenvalue weighted by molar-refractivity contribution is 9.09. The Hall–Kier alpha value is -2.41. The summed E-state index contributed by atoms with van der Waals surface area (Å²) in [6.45, 7) is 1.70. The molecule has 144 valence electrons. The van der Waals surface area contributed by atoms with E-state index in [1.54, 1.807) is 13.0 Å². The molecule has 0 radical (unpaired) electrons. The van der Waals surface area contributed by atoms with Gasteiger partial charge in [-0.15, -0.1) is 0 Å². The van der Waals surface area contributed by atoms with Gasteiger partial charge in [0, 0.05) is 16.5 Å². The normalized spacial score (nSPS) is 17.1. The van der Waals surface area contributed by atoms with Crippen molar-refractivity contribution >= 4 is 33.8 Å². The molecule has 0 spiro atoms. The summed E-state index contributed by atoms with van der Waals surface area (Å²) < 4.78 is 14.9. The van der Waals surface area contributed by atoms with E-state index < -0.39 is 24.0 Å². The number of allylic oxidation sites excluding steroid dienone is 1. The SMILES string of the molecule is COC(=O)C(C/C=C(\CBr)C1=C(C)C(=O)OC1c1ccccc1)C(=O)OC. The van der Waals surface area contributed by atoms with Crippen molar-refractivity contribution in [2.24, 2.45) is 5.92 Å². The quantitative estimate of drug-likeness (QED) is 0.282. The molecule has 0 fully saturated rings. The second kappa shape index (κ2) is 9.50. The van der Waals surface area contributed by atoms with E-state index in [0.29, 0.717) is 10.9 Å². The van der Waals surface area contributed by atoms with E-state index in [-0.39, 0.29) is 12.4 Å². The predicted octanol–water partition coefficient (Wildman–Crippen LogP) is 3.27. The van der Waals surface area contributed by atoms with Crippen molar-refractivity contribution in [3.63, 3.8) is 0 Å². The van der Waals surface area contributed by atoms with Gasteiger partial charge in [0.2, 0.25) is 0 Å². The van der Waals surface area contributed by atoms with E-state index >= 15 is 0 Å². The number of halogens is 1. The van der Waals surface area contributed by atoms with Crippen LogP contribution in [-0.4, -0.2) is 37.5 Å². The molecule has 7 heteroatoms. The van der Waals surface area contributed by atoms with Crippen molar-refractivity contribution in [1.82, 2.24) is 0 Å². The van der Waals surface area contributed by atoms with Crippen LogP contribution >= 0.6 is 15.9 Å². The molecule has 1 aromatic rings. The first-order valence-electron chi connectivity index (χ1n) is 8.32. The molecule has 0 bridgehead atoms. The molecule has 1 atom stereocenters. The maximum atomic E-state index is 12.2. The number of esters is 3. The summed E-state index contributed by atoms with van der Waals surface area (Å²) in [7, 11) is 2.43. The van der Waals surface area contributed by atoms with E-state index in [0.717, 1.165) is 16.7 Å². The van der Waals surface area contributed by atoms with Gasteiger partial charge in [-0.25, -0.2) is 4.79 Å². The second-order valence-corrected chi connectivity index (χ2v) is 6.49. The van der Waals surface area contributed by atoms with E-state index in [1.807, 2.05) is 30.3 Å². The van der Waals surface area contributed by atoms with Gasteiger partial charge in [-0.2, -0.15) is 0 Å². The van der Waals surface area contributed by atoms with Crippen LogP contribution in [0.1, 0.15) is 25.0 Å². The first-order valence-corrected chi connectivity index (χ1v) is 9.44. The molecule has 0 N–H and O–H groups in total. The van der Waals surface area contributed by atoms with Gasteiger partial charge in [0.15, 0.2) is 12.0 Å². The number of hydrogen-bond acceptors (Lipinski definition) is 6. The number of carbonyl (C=O) groups is 3. The molecule has 1 aliphatic rings. The van der Waals surface area contributed by atoms with Gasteiger partial charge < -0.3 is 14.2 Å². The fourth-order valence-electron chi connectivity index (χ4n) is 2.90. The first kappa shape index (κ1) is 20.9. The summed E-state index contributed by atoms with van der Waals surface area (Å²) in [5, 5.41) is 0.425. The summed E-state index contributed by atoms with van der Waals surface area (Å²) in [4.78, 5) is 35.9. The summed E-state index contributed by atoms with van der Waals surface area (Å²) in [5.74, 6) is -2.79. The zero-order valence-electron chi connectivity index (χ0n) is 15.4. The predicted molar refractivity (Wildman–Crippen MR) is 102 cm³/mol. The number of rotatable bonds is 7. The van der Waals surface area contributed by atoms with Gasteiger partial charge in [0.25, 0.3) is 0 Å². The summed E-state index contributed by atoms with van der Waals surface area (Å²) >= 11 is 3.43. The molecule has 1 aliphatic heterocycles. The lowest BCUT2D eigenvalue weighted by Crippen LogP contribution is -2.26. The lowest BCUT2D eigenvalue weighted by Gasteiger charge is -2.17. The maximum absolute atomic E-state index is 12.2. The molecule has 6 nitrogen and oxygen atoms in total. The summed E-state index contributed by atoms with van der Waals surface area (Å²) in [6, 6.07) is 9.39. The minimum atomic E-state index is -1.07. The zero-order chi connectivity index (χ0) is 20.0. The molecular weight excluding hydrogens is 416 g/mol. The number of benzene rings is 1. The van der Waals surface area contributed by atoms with E-state index in [4.69, 9.17) is 4.74 Å². The van der Waals surface area contributed by atoms with Gasteiger partial charge in [-0.1, -0.05) is 52.3 Å². The minimum absolute atomic E-state index is 0.0900. The summed E-state index contributed by atoms with van der Waals surface area (Å²) in [5.41, 5.74) is 2.85. The Morgan fingerprint density at radius 1 is 1.19 bits per heavy atom. The molecule has 0 saturated heterocycles. The number of carbonyl (C=O) groups excluding carboxylic acids is 3. The van der Waals surface area contributed by atoms with Crippen molar-refractivity contribution in [2.75, 3.05) is 19.5 Å². The zero-order valence-corrected chi connectivity index (χ0v) is 16.9. The van der Waals surface area contributed by atoms with Crippen LogP contribution in [0.2, 0.25) is 0 Å². The Labute approximate surface area is 166 Å². The molecule has 1 aromatic carbocycles. The van der Waals surface area contributed by atoms with Crippen LogP contribution < -0.4 is 0 Å². The fourth-order valence-corrected chi connectivity index (χ4v) is 3.43. The van der Waals surface area contributed by atoms with E-state index in [1.165, 1.54) is 14.2 Å². The standard InChI is InChI=1S/C20H21BrO6/c1-12-16(17(27-18(12)22)13-7-5-4-6-8-13)14(11-21)9-10-15(19(23)25-2)20(24)26-3/h4-9,15,17H,10-11H2,1-3H3/b14-9+. The van der Waals surface area contributed by atoms with Crippen LogP contribution in [0, 0.1) is 5.92 Å². The molecule has 0 aliphatic carbocycles. The molecule has 0 amide bonds. The van der Waals surface area contributed by atoms with Crippen molar-refractivity contribution in [3.8, 4) is 0 Å². The van der Waals surface area contributed by atoms with Gasteiger partial charge >= 0.3 is 17.9 Å². The van der Waals surface area contributed by atoms with Gasteiger partial charge in [-0.3, -0.25) is 9.59 Å². The lowest BCUT2D eigenvalue weighted by atomic mass is 9.92. The number of methoxy groups -OCH3 is 2. The third-order valence-electron chi connectivity index (χ3n) is 4.36. The van der Waals surface area contributed by atoms with Crippen LogP contribution in [0.15, 0.2) is 53.1 Å². The minimum Gasteiger partial charge on any atom is -0.468 e. The Kier molecular flexibility index (Phi) is 7.36. The highest BCUT2D eigenvalue weighted by Crippen LogP contribution is 2.40. The molecule has 1 heterocycles. The van der Waals surface area contributed by atoms with Crippen molar-refractivity contribution in [3.05, 3.63) is 58.7 Å². The Morgan fingerprint density at radius 2 is 1.78 bits per heavy atom. The Bertz CT molecular complexity index is 765. The first-order chi connectivity index (χ1) is 12.9. The molecule has 0 aromatic heterocycles. The number of ether oxygens (including phenoxy) is 3. The average molecular weight is 437 g/mol. The van der Waals surface area contributed by atoms with Gasteiger partial charge in [-0.05, 0) is 24.5 Å². The van der Waals surface area contributed by atoms with Crippen LogP contribution in [-0.2, 0) is 28.6 Å². The van der Waals surface area contributed by atoms with Crippen LogP contribution in [0.4, 0.5) is 0 Å². The maximum Gasteiger partial charge on any atom is 0.335 e. The van der Waals surface area contributed by atoms with Crippen molar-refractivity contribution in [1.29, 1.82) is 0 Å². The molecule has 1 unspecified atom stereocenters. The number of hydrogen-bond donors (Lipinski definition) is 0. The topological polar surface area (TPSA) is 78.9 Å². The Balaban J connectivity index is 2.38. The molecular formula is C20H21BrO6. The Morgan fingerprint density at radius 3 is 2.30 bits per heavy atom. The average Bonchev–Trinajstić information content (AvgIpc) is 3.00. The van der Waals surface area contributed by atoms with Gasteiger partial charge in [0.1, 0.15) is 0 Å². The molecule has 0 saturated carbocycles. The van der Waals surface area contributed by atoms with Crippen LogP contribution in [0.25, 0.3) is 0 Å². The van der Waals surface area contributed by atoms with Gasteiger partial charge in [0.05, 0.1) is 14.2 Å². The number of cyclic esters (lactones) is 1. The highest BCUT2D eigenvalue weighted by atomic mass is 79.9. The second-order valence-electron chi connectivity index (χ2n) is 5.93. The molecule has 2 rings (SSSR count). The van der Waals surface area contributed by atoms with Crippen molar-refractivity contribution < 1.29 is 28.6 Å². The number of alkyl halides is 1. The fraction of sp³-hybridized carbons (Fsp3) is 0.350. The lowest BCUT2D eigenvalue weighted by molar-refractivity contribution is -0.158. The van der Waals surface area contributed by atoms with E-state index in [2.05, 4.69) is 25.4 Å². The smallest absolute Gasteiger partial charge is 0.335 e. The largest absolute Gasteiger partial charge is 0.468 e. The summed E-state index contributed by atoms with van der Waals surface area (Å²) in [6.07, 6.45) is 1.30. The van der Waals surface area contributed by atoms with Crippen LogP contribution in [0.3, 0.4) is 0 Å². The monoisotopic (exact) mass is 436 g/mol. The van der Waals surface area contributed by atoms with Crippen molar-refractivity contribution in [2.45, 2.75) is 19.4 Å². The third kappa shape index (κ3) is 4.66. The van der Waals surface area contributed by atoms with E-state index in [9.17, 15) is 14.4 Å².